The molecule has 0 amide bonds. The first-order valence-corrected chi connectivity index (χ1v) is 11.4. The second kappa shape index (κ2) is 9.77. The average Bonchev–Trinajstić information content (AvgIpc) is 3.21. The number of benzene rings is 3. The number of ketones is 1. The van der Waals surface area contributed by atoms with Crippen molar-refractivity contribution in [3.05, 3.63) is 93.7 Å². The molecule has 4 rings (SSSR count). The largest absolute Gasteiger partial charge is 0.417 e. The Morgan fingerprint density at radius 1 is 0.971 bits per heavy atom. The van der Waals surface area contributed by atoms with Crippen molar-refractivity contribution in [2.75, 3.05) is 5.75 Å². The van der Waals surface area contributed by atoms with Gasteiger partial charge in [0, 0.05) is 16.1 Å². The maximum absolute atomic E-state index is 13.5. The van der Waals surface area contributed by atoms with Gasteiger partial charge in [0.2, 0.25) is 0 Å². The second-order valence-corrected chi connectivity index (χ2v) is 8.82. The van der Waals surface area contributed by atoms with Gasteiger partial charge in [0.25, 0.3) is 0 Å². The monoisotopic (exact) mass is 525 g/mol. The van der Waals surface area contributed by atoms with E-state index in [2.05, 4.69) is 10.2 Å². The summed E-state index contributed by atoms with van der Waals surface area (Å²) in [6.07, 6.45) is -4.68. The van der Waals surface area contributed by atoms with Gasteiger partial charge in [0.1, 0.15) is 5.82 Å². The van der Waals surface area contributed by atoms with E-state index in [0.29, 0.717) is 16.1 Å². The lowest BCUT2D eigenvalue weighted by molar-refractivity contribution is -0.137. The van der Waals surface area contributed by atoms with Crippen LogP contribution in [-0.2, 0) is 6.18 Å². The van der Waals surface area contributed by atoms with E-state index >= 15 is 0 Å². The van der Waals surface area contributed by atoms with Gasteiger partial charge in [-0.3, -0.25) is 9.36 Å². The minimum Gasteiger partial charge on any atom is -0.293 e. The molecule has 4 nitrogen and oxygen atoms in total. The van der Waals surface area contributed by atoms with Crippen molar-refractivity contribution in [3.8, 4) is 17.1 Å². The van der Waals surface area contributed by atoms with E-state index in [1.807, 2.05) is 0 Å². The maximum Gasteiger partial charge on any atom is 0.417 e. The molecule has 3 aromatic carbocycles. The van der Waals surface area contributed by atoms with E-state index < -0.39 is 22.6 Å². The van der Waals surface area contributed by atoms with Crippen molar-refractivity contribution in [3.63, 3.8) is 0 Å². The molecule has 174 valence electrons. The molecule has 0 aliphatic heterocycles. The Kier molecular flexibility index (Phi) is 6.97. The fourth-order valence-corrected chi connectivity index (χ4v) is 4.39. The number of Topliss-reactive ketones (excluding diaryl/α,β-unsaturated/α-hetero) is 1. The predicted molar refractivity (Wildman–Crippen MR) is 123 cm³/mol. The molecule has 4 aromatic rings. The number of nitrogens with zero attached hydrogens (tertiary/aromatic N) is 3. The van der Waals surface area contributed by atoms with Crippen LogP contribution in [-0.4, -0.2) is 26.3 Å². The number of aromatic nitrogens is 3. The Morgan fingerprint density at radius 2 is 1.71 bits per heavy atom. The smallest absolute Gasteiger partial charge is 0.293 e. The lowest BCUT2D eigenvalue weighted by Gasteiger charge is -2.14. The van der Waals surface area contributed by atoms with Crippen molar-refractivity contribution in [1.29, 1.82) is 0 Å². The molecule has 0 spiro atoms. The molecule has 0 saturated carbocycles. The molecule has 0 bridgehead atoms. The van der Waals surface area contributed by atoms with Crippen molar-refractivity contribution in [2.24, 2.45) is 0 Å². The molecule has 1 heterocycles. The van der Waals surface area contributed by atoms with Crippen molar-refractivity contribution < 1.29 is 22.4 Å². The van der Waals surface area contributed by atoms with Gasteiger partial charge < -0.3 is 0 Å². The van der Waals surface area contributed by atoms with E-state index in [9.17, 15) is 22.4 Å². The number of carbonyl (C=O) groups is 1. The highest BCUT2D eigenvalue weighted by atomic mass is 35.5. The Bertz CT molecular complexity index is 1360. The molecule has 34 heavy (non-hydrogen) atoms. The lowest BCUT2D eigenvalue weighted by Crippen LogP contribution is -2.09. The Morgan fingerprint density at radius 3 is 2.38 bits per heavy atom. The van der Waals surface area contributed by atoms with Crippen LogP contribution in [0.5, 0.6) is 0 Å². The third-order valence-electron chi connectivity index (χ3n) is 4.73. The first-order chi connectivity index (χ1) is 16.1. The Hall–Kier alpha value is -2.88. The summed E-state index contributed by atoms with van der Waals surface area (Å²) >= 11 is 12.9. The number of carbonyl (C=O) groups excluding carboxylic acids is 1. The summed E-state index contributed by atoms with van der Waals surface area (Å²) in [5, 5.41) is 8.37. The average molecular weight is 526 g/mol. The minimum absolute atomic E-state index is 0.0982. The molecule has 0 aliphatic carbocycles. The summed E-state index contributed by atoms with van der Waals surface area (Å²) in [5.41, 5.74) is -0.106. The minimum atomic E-state index is -4.68. The molecule has 0 N–H and O–H groups in total. The summed E-state index contributed by atoms with van der Waals surface area (Å²) in [5.74, 6) is -0.650. The van der Waals surface area contributed by atoms with Crippen molar-refractivity contribution in [2.45, 2.75) is 11.3 Å². The molecule has 0 atom stereocenters. The zero-order valence-electron chi connectivity index (χ0n) is 17.0. The summed E-state index contributed by atoms with van der Waals surface area (Å²) in [7, 11) is 0. The van der Waals surface area contributed by atoms with Gasteiger partial charge in [0.05, 0.1) is 22.0 Å². The van der Waals surface area contributed by atoms with Crippen molar-refractivity contribution in [1.82, 2.24) is 14.8 Å². The first-order valence-electron chi connectivity index (χ1n) is 9.63. The highest BCUT2D eigenvalue weighted by Gasteiger charge is 2.34. The highest BCUT2D eigenvalue weighted by Crippen LogP contribution is 2.37. The van der Waals surface area contributed by atoms with Crippen LogP contribution >= 0.6 is 35.0 Å². The van der Waals surface area contributed by atoms with Gasteiger partial charge in [-0.25, -0.2) is 4.39 Å². The number of alkyl halides is 3. The van der Waals surface area contributed by atoms with Gasteiger partial charge in [-0.2, -0.15) is 13.2 Å². The van der Waals surface area contributed by atoms with Crippen molar-refractivity contribution >= 4 is 40.7 Å². The summed E-state index contributed by atoms with van der Waals surface area (Å²) < 4.78 is 55.0. The molecule has 1 aromatic heterocycles. The quantitative estimate of drug-likeness (QED) is 0.150. The molecule has 11 heteroatoms. The first kappa shape index (κ1) is 24.3. The van der Waals surface area contributed by atoms with Crippen LogP contribution < -0.4 is 0 Å². The SMILES string of the molecule is O=C(CSc1nnc(-c2cccc(Cl)c2)n1-c1ccc(Cl)c(C(F)(F)F)c1)c1ccc(F)cc1. The Balaban J connectivity index is 1.76. The van der Waals surface area contributed by atoms with Gasteiger partial charge in [-0.15, -0.1) is 10.2 Å². The zero-order chi connectivity index (χ0) is 24.5. The van der Waals surface area contributed by atoms with Crippen LogP contribution in [0, 0.1) is 5.82 Å². The molecular formula is C23H13Cl2F4N3OS. The molecule has 0 aliphatic rings. The van der Waals surface area contributed by atoms with E-state index in [1.165, 1.54) is 34.9 Å². The van der Waals surface area contributed by atoms with Crippen LogP contribution in [0.2, 0.25) is 10.0 Å². The van der Waals surface area contributed by atoms with Crippen LogP contribution in [0.25, 0.3) is 17.1 Å². The van der Waals surface area contributed by atoms with Crippen LogP contribution in [0.4, 0.5) is 17.6 Å². The molecule has 0 radical (unpaired) electrons. The fourth-order valence-electron chi connectivity index (χ4n) is 3.13. The van der Waals surface area contributed by atoms with Gasteiger partial charge in [0.15, 0.2) is 16.8 Å². The maximum atomic E-state index is 13.5. The summed E-state index contributed by atoms with van der Waals surface area (Å²) in [6.45, 7) is 0. The number of hydrogen-bond donors (Lipinski definition) is 0. The van der Waals surface area contributed by atoms with E-state index in [4.69, 9.17) is 23.2 Å². The Labute approximate surface area is 205 Å². The topological polar surface area (TPSA) is 47.8 Å². The third kappa shape index (κ3) is 5.27. The molecule has 0 unspecified atom stereocenters. The van der Waals surface area contributed by atoms with Crippen LogP contribution in [0.3, 0.4) is 0 Å². The summed E-state index contributed by atoms with van der Waals surface area (Å²) in [6, 6.07) is 15.1. The fraction of sp³-hybridized carbons (Fsp3) is 0.0870. The van der Waals surface area contributed by atoms with E-state index in [-0.39, 0.29) is 28.2 Å². The standard InChI is InChI=1S/C23H13Cl2F4N3OS/c24-15-3-1-2-14(10-15)21-30-31-22(34-12-20(33)13-4-6-16(26)7-5-13)32(21)17-8-9-19(25)18(11-17)23(27,28)29/h1-11H,12H2. The van der Waals surface area contributed by atoms with E-state index in [1.54, 1.807) is 24.3 Å². The normalized spacial score (nSPS) is 11.6. The molecular weight excluding hydrogens is 513 g/mol. The van der Waals surface area contributed by atoms with Crippen LogP contribution in [0.1, 0.15) is 15.9 Å². The summed E-state index contributed by atoms with van der Waals surface area (Å²) in [4.78, 5) is 12.5. The number of halogens is 6. The number of hydrogen-bond acceptors (Lipinski definition) is 4. The van der Waals surface area contributed by atoms with Gasteiger partial charge in [-0.05, 0) is 54.6 Å². The third-order valence-corrected chi connectivity index (χ3v) is 6.22. The highest BCUT2D eigenvalue weighted by molar-refractivity contribution is 7.99. The zero-order valence-corrected chi connectivity index (χ0v) is 19.3. The molecule has 0 saturated heterocycles. The second-order valence-electron chi connectivity index (χ2n) is 7.03. The number of thioether (sulfide) groups is 1. The lowest BCUT2D eigenvalue weighted by atomic mass is 10.1. The predicted octanol–water partition coefficient (Wildman–Crippen LogP) is 7.37. The van der Waals surface area contributed by atoms with Crippen LogP contribution in [0.15, 0.2) is 71.9 Å². The number of rotatable bonds is 6. The van der Waals surface area contributed by atoms with E-state index in [0.717, 1.165) is 23.9 Å². The molecule has 0 fully saturated rings. The van der Waals surface area contributed by atoms with Gasteiger partial charge in [-0.1, -0.05) is 47.1 Å². The van der Waals surface area contributed by atoms with Gasteiger partial charge >= 0.3 is 6.18 Å².